The zero-order valence-corrected chi connectivity index (χ0v) is 22.4. The van der Waals surface area contributed by atoms with Gasteiger partial charge in [0, 0.05) is 10.9 Å². The number of carbonyl (C=O) groups is 5. The summed E-state index contributed by atoms with van der Waals surface area (Å²) in [4.78, 5) is 65.3. The fourth-order valence-electron chi connectivity index (χ4n) is 4.41. The van der Waals surface area contributed by atoms with Crippen LogP contribution in [0.15, 0.2) is 24.3 Å². The first-order valence-electron chi connectivity index (χ1n) is 12.5. The van der Waals surface area contributed by atoms with E-state index in [-0.39, 0.29) is 31.3 Å². The normalized spacial score (nSPS) is 17.0. The number of aromatic nitrogens is 1. The Balaban J connectivity index is 2.20. The summed E-state index contributed by atoms with van der Waals surface area (Å²) < 4.78 is 27.7. The van der Waals surface area contributed by atoms with Crippen molar-refractivity contribution in [2.24, 2.45) is 11.8 Å². The Kier molecular flexibility index (Phi) is 8.80. The van der Waals surface area contributed by atoms with Gasteiger partial charge in [0.2, 0.25) is 5.88 Å². The van der Waals surface area contributed by atoms with Gasteiger partial charge in [0.1, 0.15) is 11.5 Å². The van der Waals surface area contributed by atoms with Crippen LogP contribution in [0, 0.1) is 11.8 Å². The molecule has 11 nitrogen and oxygen atoms in total. The average molecular weight is 532 g/mol. The van der Waals surface area contributed by atoms with Gasteiger partial charge in [-0.25, -0.2) is 9.36 Å². The smallest absolute Gasteiger partial charge is 0.421 e. The first-order chi connectivity index (χ1) is 17.9. The minimum atomic E-state index is -1.48. The van der Waals surface area contributed by atoms with Crippen LogP contribution in [-0.2, 0) is 38.1 Å². The maximum atomic E-state index is 13.4. The molecule has 0 amide bonds. The fourth-order valence-corrected chi connectivity index (χ4v) is 4.41. The molecule has 1 aromatic heterocycles. The Bertz CT molecular complexity index is 1220. The van der Waals surface area contributed by atoms with Gasteiger partial charge in [-0.1, -0.05) is 18.2 Å². The minimum absolute atomic E-state index is 0.00131. The van der Waals surface area contributed by atoms with Crippen LogP contribution >= 0.6 is 0 Å². The minimum Gasteiger partial charge on any atom is -0.465 e. The molecule has 1 aliphatic rings. The standard InChI is InChI=1S/C27H33NO10/c1-7-34-22(29)17(23(30)35-8-2)14-16-20(25(32)36-9-3)19-15-12-10-11-13-18(15)28(21(19)37-24(16)31)26(33)38-27(4,5)6/h10-13,16-17,20H,7-9,14H2,1-6H3/t16-,20+/m0/s1. The molecule has 0 unspecified atom stereocenters. The number of hydrogen-bond donors (Lipinski definition) is 0. The molecule has 2 heterocycles. The summed E-state index contributed by atoms with van der Waals surface area (Å²) in [6.45, 7) is 9.85. The van der Waals surface area contributed by atoms with E-state index in [1.807, 2.05) is 0 Å². The second-order valence-corrected chi connectivity index (χ2v) is 9.60. The molecular weight excluding hydrogens is 498 g/mol. The Labute approximate surface area is 220 Å². The van der Waals surface area contributed by atoms with E-state index in [0.717, 1.165) is 4.57 Å². The summed E-state index contributed by atoms with van der Waals surface area (Å²) in [5, 5.41) is 0.452. The molecule has 3 rings (SSSR count). The van der Waals surface area contributed by atoms with E-state index in [0.29, 0.717) is 10.9 Å². The van der Waals surface area contributed by atoms with Crippen LogP contribution in [0.4, 0.5) is 4.79 Å². The number of nitrogens with zero attached hydrogens (tertiary/aromatic N) is 1. The average Bonchev–Trinajstić information content (AvgIpc) is 3.15. The maximum Gasteiger partial charge on any atom is 0.421 e. The van der Waals surface area contributed by atoms with E-state index >= 15 is 0 Å². The molecule has 0 aliphatic carbocycles. The lowest BCUT2D eigenvalue weighted by Crippen LogP contribution is -2.41. The van der Waals surface area contributed by atoms with Crippen LogP contribution < -0.4 is 4.74 Å². The second-order valence-electron chi connectivity index (χ2n) is 9.60. The van der Waals surface area contributed by atoms with Crippen molar-refractivity contribution in [2.45, 2.75) is 59.5 Å². The molecule has 1 aromatic carbocycles. The third-order valence-electron chi connectivity index (χ3n) is 5.83. The van der Waals surface area contributed by atoms with E-state index in [9.17, 15) is 24.0 Å². The first kappa shape index (κ1) is 28.7. The van der Waals surface area contributed by atoms with Gasteiger partial charge in [-0.15, -0.1) is 0 Å². The third-order valence-corrected chi connectivity index (χ3v) is 5.83. The SMILES string of the molecule is CCOC(=O)C(C[C@@H]1C(=O)Oc2c(c3ccccc3n2C(=O)OC(C)(C)C)[C@@H]1C(=O)OCC)C(=O)OCC. The third kappa shape index (κ3) is 5.81. The largest absolute Gasteiger partial charge is 0.465 e. The number of carbonyl (C=O) groups excluding carboxylic acids is 5. The Morgan fingerprint density at radius 2 is 1.53 bits per heavy atom. The summed E-state index contributed by atoms with van der Waals surface area (Å²) in [7, 11) is 0. The Hall–Kier alpha value is -3.89. The summed E-state index contributed by atoms with van der Waals surface area (Å²) in [5.74, 6) is -7.71. The lowest BCUT2D eigenvalue weighted by molar-refractivity contribution is -0.165. The summed E-state index contributed by atoms with van der Waals surface area (Å²) in [6.07, 6.45) is -1.23. The lowest BCUT2D eigenvalue weighted by atomic mass is 9.78. The molecule has 0 saturated carbocycles. The monoisotopic (exact) mass is 531 g/mol. The first-order valence-corrected chi connectivity index (χ1v) is 12.5. The van der Waals surface area contributed by atoms with Gasteiger partial charge >= 0.3 is 30.0 Å². The maximum absolute atomic E-state index is 13.4. The highest BCUT2D eigenvalue weighted by molar-refractivity contribution is 6.03. The van der Waals surface area contributed by atoms with E-state index in [1.54, 1.807) is 65.8 Å². The molecule has 0 saturated heterocycles. The zero-order valence-electron chi connectivity index (χ0n) is 22.4. The van der Waals surface area contributed by atoms with Gasteiger partial charge in [-0.3, -0.25) is 19.2 Å². The van der Waals surface area contributed by atoms with E-state index in [4.69, 9.17) is 23.7 Å². The van der Waals surface area contributed by atoms with Crippen molar-refractivity contribution >= 4 is 40.9 Å². The van der Waals surface area contributed by atoms with Crippen LogP contribution in [0.2, 0.25) is 0 Å². The zero-order chi connectivity index (χ0) is 28.2. The van der Waals surface area contributed by atoms with Crippen molar-refractivity contribution in [1.82, 2.24) is 4.57 Å². The fraction of sp³-hybridized carbons (Fsp3) is 0.519. The van der Waals surface area contributed by atoms with Crippen molar-refractivity contribution in [1.29, 1.82) is 0 Å². The van der Waals surface area contributed by atoms with Crippen molar-refractivity contribution in [3.8, 4) is 5.88 Å². The molecule has 0 radical (unpaired) electrons. The van der Waals surface area contributed by atoms with Crippen LogP contribution in [-0.4, -0.2) is 60.0 Å². The number of rotatable bonds is 8. The molecule has 0 bridgehead atoms. The number of para-hydroxylation sites is 1. The van der Waals surface area contributed by atoms with Gasteiger partial charge in [-0.05, 0) is 54.0 Å². The summed E-state index contributed by atoms with van der Waals surface area (Å²) >= 11 is 0. The molecule has 0 spiro atoms. The molecule has 11 heteroatoms. The quantitative estimate of drug-likeness (QED) is 0.281. The van der Waals surface area contributed by atoms with Crippen LogP contribution in [0.3, 0.4) is 0 Å². The van der Waals surface area contributed by atoms with Crippen molar-refractivity contribution in [3.05, 3.63) is 29.8 Å². The molecular formula is C27H33NO10. The predicted octanol–water partition coefficient (Wildman–Crippen LogP) is 3.74. The molecule has 2 atom stereocenters. The second kappa shape index (κ2) is 11.7. The van der Waals surface area contributed by atoms with Crippen molar-refractivity contribution in [3.63, 3.8) is 0 Å². The molecule has 0 N–H and O–H groups in total. The van der Waals surface area contributed by atoms with E-state index in [1.165, 1.54) is 0 Å². The highest BCUT2D eigenvalue weighted by atomic mass is 16.6. The Morgan fingerprint density at radius 3 is 2.08 bits per heavy atom. The van der Waals surface area contributed by atoms with Gasteiger partial charge in [0.15, 0.2) is 5.92 Å². The highest BCUT2D eigenvalue weighted by Gasteiger charge is 2.50. The number of fused-ring (bicyclic) bond motifs is 3. The molecule has 2 aromatic rings. The van der Waals surface area contributed by atoms with Crippen LogP contribution in [0.25, 0.3) is 10.9 Å². The van der Waals surface area contributed by atoms with Crippen LogP contribution in [0.5, 0.6) is 5.88 Å². The topological polar surface area (TPSA) is 136 Å². The lowest BCUT2D eigenvalue weighted by Gasteiger charge is -2.31. The van der Waals surface area contributed by atoms with Crippen LogP contribution in [0.1, 0.15) is 59.4 Å². The predicted molar refractivity (Wildman–Crippen MR) is 133 cm³/mol. The molecule has 0 fully saturated rings. The highest BCUT2D eigenvalue weighted by Crippen LogP contribution is 2.47. The number of benzene rings is 1. The number of ether oxygens (including phenoxy) is 5. The summed E-state index contributed by atoms with van der Waals surface area (Å²) in [6, 6.07) is 6.69. The molecule has 1 aliphatic heterocycles. The van der Waals surface area contributed by atoms with E-state index in [2.05, 4.69) is 0 Å². The van der Waals surface area contributed by atoms with Crippen molar-refractivity contribution < 1.29 is 47.7 Å². The number of hydrogen-bond acceptors (Lipinski definition) is 10. The van der Waals surface area contributed by atoms with Crippen molar-refractivity contribution in [2.75, 3.05) is 19.8 Å². The van der Waals surface area contributed by atoms with Gasteiger partial charge < -0.3 is 23.7 Å². The molecule has 38 heavy (non-hydrogen) atoms. The van der Waals surface area contributed by atoms with Gasteiger partial charge in [0.05, 0.1) is 31.3 Å². The van der Waals surface area contributed by atoms with Gasteiger partial charge in [0.25, 0.3) is 0 Å². The van der Waals surface area contributed by atoms with Gasteiger partial charge in [-0.2, -0.15) is 0 Å². The van der Waals surface area contributed by atoms with E-state index < -0.39 is 59.7 Å². The summed E-state index contributed by atoms with van der Waals surface area (Å²) in [5.41, 5.74) is -0.285. The molecule has 206 valence electrons. The number of esters is 4. The Morgan fingerprint density at radius 1 is 0.947 bits per heavy atom.